The van der Waals surface area contributed by atoms with Gasteiger partial charge in [-0.05, 0) is 56.0 Å². The summed E-state index contributed by atoms with van der Waals surface area (Å²) in [4.78, 5) is 24.6. The Bertz CT molecular complexity index is 985. The Morgan fingerprint density at radius 2 is 1.88 bits per heavy atom. The standard InChI is InChI=1S/C21H19NO3/c1-13-7-9-18-16(11-13)17-12-15(21(24)25)8-10-19(17)22(18)20(23)14-5-3-2-4-6-14/h2-7,9,11,15H,8,10,12H2,1H3,(H,24,25). The molecule has 126 valence electrons. The van der Waals surface area contributed by atoms with E-state index < -0.39 is 5.97 Å². The molecule has 4 heteroatoms. The molecule has 0 radical (unpaired) electrons. The fraction of sp³-hybridized carbons (Fsp3) is 0.238. The summed E-state index contributed by atoms with van der Waals surface area (Å²) >= 11 is 0. The number of aromatic nitrogens is 1. The minimum Gasteiger partial charge on any atom is -0.481 e. The number of hydrogen-bond acceptors (Lipinski definition) is 2. The normalized spacial score (nSPS) is 16.6. The van der Waals surface area contributed by atoms with E-state index in [1.807, 2.05) is 49.4 Å². The van der Waals surface area contributed by atoms with Crippen LogP contribution in [0, 0.1) is 12.8 Å². The van der Waals surface area contributed by atoms with Gasteiger partial charge in [-0.25, -0.2) is 0 Å². The van der Waals surface area contributed by atoms with Gasteiger partial charge in [0.1, 0.15) is 0 Å². The second-order valence-electron chi connectivity index (χ2n) is 6.73. The molecule has 0 aliphatic heterocycles. The third-order valence-corrected chi connectivity index (χ3v) is 5.09. The van der Waals surface area contributed by atoms with Gasteiger partial charge in [-0.3, -0.25) is 14.2 Å². The Morgan fingerprint density at radius 3 is 2.60 bits per heavy atom. The minimum atomic E-state index is -0.756. The second-order valence-corrected chi connectivity index (χ2v) is 6.73. The maximum atomic E-state index is 13.1. The number of fused-ring (bicyclic) bond motifs is 3. The van der Waals surface area contributed by atoms with Crippen LogP contribution in [0.5, 0.6) is 0 Å². The molecule has 0 fully saturated rings. The molecule has 3 aromatic rings. The van der Waals surface area contributed by atoms with Gasteiger partial charge in [-0.1, -0.05) is 29.8 Å². The number of aryl methyl sites for hydroxylation is 1. The van der Waals surface area contributed by atoms with Crippen molar-refractivity contribution in [2.24, 2.45) is 5.92 Å². The number of carbonyl (C=O) groups is 2. The fourth-order valence-corrected chi connectivity index (χ4v) is 3.82. The van der Waals surface area contributed by atoms with Crippen LogP contribution in [0.2, 0.25) is 0 Å². The lowest BCUT2D eigenvalue weighted by Gasteiger charge is -2.20. The van der Waals surface area contributed by atoms with Crippen molar-refractivity contribution in [3.63, 3.8) is 0 Å². The van der Waals surface area contributed by atoms with Gasteiger partial charge >= 0.3 is 5.97 Å². The predicted molar refractivity (Wildman–Crippen MR) is 96.0 cm³/mol. The molecule has 1 atom stereocenters. The molecule has 0 bridgehead atoms. The zero-order chi connectivity index (χ0) is 17.6. The minimum absolute atomic E-state index is 0.0514. The summed E-state index contributed by atoms with van der Waals surface area (Å²) in [5, 5.41) is 10.4. The van der Waals surface area contributed by atoms with Crippen LogP contribution in [0.25, 0.3) is 10.9 Å². The van der Waals surface area contributed by atoms with Gasteiger partial charge in [-0.2, -0.15) is 0 Å². The van der Waals surface area contributed by atoms with Gasteiger partial charge in [0.15, 0.2) is 0 Å². The Balaban J connectivity index is 1.94. The molecule has 0 spiro atoms. The van der Waals surface area contributed by atoms with Crippen LogP contribution in [-0.4, -0.2) is 21.6 Å². The van der Waals surface area contributed by atoms with Crippen molar-refractivity contribution in [2.45, 2.75) is 26.2 Å². The first-order valence-electron chi connectivity index (χ1n) is 8.51. The second kappa shape index (κ2) is 5.88. The SMILES string of the molecule is Cc1ccc2c(c1)c1c(n2C(=O)c2ccccc2)CCC(C(=O)O)C1. The summed E-state index contributed by atoms with van der Waals surface area (Å²) in [5.41, 5.74) is 4.60. The molecular formula is C21H19NO3. The summed E-state index contributed by atoms with van der Waals surface area (Å²) in [5.74, 6) is -1.18. The Kier molecular flexibility index (Phi) is 3.68. The van der Waals surface area contributed by atoms with Crippen LogP contribution in [0.1, 0.15) is 33.6 Å². The molecule has 2 aromatic carbocycles. The molecule has 1 heterocycles. The number of rotatable bonds is 2. The molecule has 4 rings (SSSR count). The number of carboxylic acid groups (broad SMARTS) is 1. The number of hydrogen-bond donors (Lipinski definition) is 1. The highest BCUT2D eigenvalue weighted by molar-refractivity contribution is 6.04. The molecule has 1 aliphatic carbocycles. The maximum Gasteiger partial charge on any atom is 0.306 e. The zero-order valence-electron chi connectivity index (χ0n) is 14.0. The summed E-state index contributed by atoms with van der Waals surface area (Å²) in [7, 11) is 0. The number of carboxylic acids is 1. The topological polar surface area (TPSA) is 59.3 Å². The van der Waals surface area contributed by atoms with E-state index in [4.69, 9.17) is 0 Å². The first-order chi connectivity index (χ1) is 12.1. The molecule has 0 saturated carbocycles. The van der Waals surface area contributed by atoms with Gasteiger partial charge in [-0.15, -0.1) is 0 Å². The monoisotopic (exact) mass is 333 g/mol. The van der Waals surface area contributed by atoms with Crippen molar-refractivity contribution in [1.82, 2.24) is 4.57 Å². The number of aliphatic carboxylic acids is 1. The Morgan fingerprint density at radius 1 is 1.12 bits per heavy atom. The van der Waals surface area contributed by atoms with Crippen LogP contribution in [0.4, 0.5) is 0 Å². The molecule has 0 saturated heterocycles. The summed E-state index contributed by atoms with van der Waals surface area (Å²) in [6.45, 7) is 2.01. The molecule has 1 aromatic heterocycles. The van der Waals surface area contributed by atoms with Crippen molar-refractivity contribution < 1.29 is 14.7 Å². The smallest absolute Gasteiger partial charge is 0.306 e. The molecule has 4 nitrogen and oxygen atoms in total. The number of benzene rings is 2. The number of nitrogens with zero attached hydrogens (tertiary/aromatic N) is 1. The maximum absolute atomic E-state index is 13.1. The first-order valence-corrected chi connectivity index (χ1v) is 8.51. The van der Waals surface area contributed by atoms with Crippen LogP contribution < -0.4 is 0 Å². The Labute approximate surface area is 145 Å². The van der Waals surface area contributed by atoms with Crippen LogP contribution in [-0.2, 0) is 17.6 Å². The lowest BCUT2D eigenvalue weighted by Crippen LogP contribution is -2.24. The molecule has 1 aliphatic rings. The molecule has 1 unspecified atom stereocenters. The van der Waals surface area contributed by atoms with Crippen molar-refractivity contribution in [3.05, 3.63) is 70.9 Å². The number of carbonyl (C=O) groups excluding carboxylic acids is 1. The summed E-state index contributed by atoms with van der Waals surface area (Å²) < 4.78 is 1.79. The largest absolute Gasteiger partial charge is 0.481 e. The van der Waals surface area contributed by atoms with E-state index in [-0.39, 0.29) is 11.8 Å². The van der Waals surface area contributed by atoms with Crippen LogP contribution >= 0.6 is 0 Å². The molecule has 25 heavy (non-hydrogen) atoms. The van der Waals surface area contributed by atoms with E-state index in [1.54, 1.807) is 4.57 Å². The van der Waals surface area contributed by atoms with Gasteiger partial charge in [0.2, 0.25) is 0 Å². The summed E-state index contributed by atoms with van der Waals surface area (Å²) in [6, 6.07) is 15.3. The fourth-order valence-electron chi connectivity index (χ4n) is 3.82. The van der Waals surface area contributed by atoms with E-state index in [1.165, 1.54) is 0 Å². The van der Waals surface area contributed by atoms with Crippen LogP contribution in [0.3, 0.4) is 0 Å². The molecule has 1 N–H and O–H groups in total. The molecular weight excluding hydrogens is 314 g/mol. The zero-order valence-corrected chi connectivity index (χ0v) is 14.0. The van der Waals surface area contributed by atoms with E-state index >= 15 is 0 Å². The first kappa shape index (κ1) is 15.6. The lowest BCUT2D eigenvalue weighted by atomic mass is 9.86. The van der Waals surface area contributed by atoms with Gasteiger partial charge in [0.25, 0.3) is 5.91 Å². The van der Waals surface area contributed by atoms with E-state index in [2.05, 4.69) is 6.07 Å². The third kappa shape index (κ3) is 2.54. The summed E-state index contributed by atoms with van der Waals surface area (Å²) in [6.07, 6.45) is 1.66. The third-order valence-electron chi connectivity index (χ3n) is 5.09. The van der Waals surface area contributed by atoms with Crippen molar-refractivity contribution in [1.29, 1.82) is 0 Å². The average molecular weight is 333 g/mol. The highest BCUT2D eigenvalue weighted by atomic mass is 16.4. The Hall–Kier alpha value is -2.88. The van der Waals surface area contributed by atoms with Crippen molar-refractivity contribution >= 4 is 22.8 Å². The molecule has 0 amide bonds. The van der Waals surface area contributed by atoms with Gasteiger partial charge in [0, 0.05) is 16.6 Å². The van der Waals surface area contributed by atoms with Crippen molar-refractivity contribution in [3.8, 4) is 0 Å². The van der Waals surface area contributed by atoms with Gasteiger partial charge in [0.05, 0.1) is 11.4 Å². The van der Waals surface area contributed by atoms with Crippen LogP contribution in [0.15, 0.2) is 48.5 Å². The van der Waals surface area contributed by atoms with E-state index in [0.717, 1.165) is 27.7 Å². The van der Waals surface area contributed by atoms with Gasteiger partial charge < -0.3 is 5.11 Å². The quantitative estimate of drug-likeness (QED) is 0.775. The highest BCUT2D eigenvalue weighted by Crippen LogP contribution is 2.35. The van der Waals surface area contributed by atoms with Crippen molar-refractivity contribution in [2.75, 3.05) is 0 Å². The van der Waals surface area contributed by atoms with E-state index in [0.29, 0.717) is 24.8 Å². The van der Waals surface area contributed by atoms with E-state index in [9.17, 15) is 14.7 Å². The predicted octanol–water partition coefficient (Wildman–Crippen LogP) is 3.83. The average Bonchev–Trinajstić information content (AvgIpc) is 2.94. The highest BCUT2D eigenvalue weighted by Gasteiger charge is 2.31. The lowest BCUT2D eigenvalue weighted by molar-refractivity contribution is -0.142.